The zero-order valence-corrected chi connectivity index (χ0v) is 11.7. The molecule has 0 radical (unpaired) electrons. The van der Waals surface area contributed by atoms with Gasteiger partial charge in [-0.3, -0.25) is 0 Å². The molecule has 0 spiro atoms. The second-order valence-electron chi connectivity index (χ2n) is 5.50. The lowest BCUT2D eigenvalue weighted by Crippen LogP contribution is -2.45. The smallest absolute Gasteiger partial charge is 0.121 e. The van der Waals surface area contributed by atoms with E-state index in [9.17, 15) is 0 Å². The van der Waals surface area contributed by atoms with Gasteiger partial charge in [0, 0.05) is 4.75 Å². The normalized spacial score (nSPS) is 31.5. The Bertz CT molecular complexity index is 185. The lowest BCUT2D eigenvalue weighted by atomic mass is 9.82. The van der Waals surface area contributed by atoms with Crippen LogP contribution >= 0.6 is 21.0 Å². The summed E-state index contributed by atoms with van der Waals surface area (Å²) in [6.45, 7) is 14.6. The van der Waals surface area contributed by atoms with Crippen LogP contribution < -0.4 is 0 Å². The topological polar surface area (TPSA) is 0 Å². The summed E-state index contributed by atoms with van der Waals surface area (Å²) in [7, 11) is 3.36. The van der Waals surface area contributed by atoms with Crippen molar-refractivity contribution >= 4 is 28.3 Å². The molecule has 0 aliphatic carbocycles. The highest BCUT2D eigenvalue weighted by atomic mass is 33.2. The van der Waals surface area contributed by atoms with E-state index in [0.717, 1.165) is 0 Å². The highest BCUT2D eigenvalue weighted by Gasteiger charge is 2.47. The lowest BCUT2D eigenvalue weighted by Gasteiger charge is -2.49. The molecule has 0 nitrogen and oxygen atoms in total. The molecule has 1 fully saturated rings. The van der Waals surface area contributed by atoms with Gasteiger partial charge in [-0.25, -0.2) is 0 Å². The Morgan fingerprint density at radius 1 is 1.08 bits per heavy atom. The quantitative estimate of drug-likeness (QED) is 0.439. The molecule has 0 aromatic rings. The average molecular weight is 220 g/mol. The molecule has 12 heavy (non-hydrogen) atoms. The summed E-state index contributed by atoms with van der Waals surface area (Å²) in [5.74, 6) is 0. The monoisotopic (exact) mass is 220 g/mol. The Balaban J connectivity index is 2.82. The molecular formula is C9H20S2Si. The van der Waals surface area contributed by atoms with Gasteiger partial charge in [-0.05, 0) is 25.3 Å². The Labute approximate surface area is 85.3 Å². The third kappa shape index (κ3) is 2.04. The van der Waals surface area contributed by atoms with Gasteiger partial charge in [0.1, 0.15) is 7.22 Å². The first kappa shape index (κ1) is 11.0. The zero-order valence-electron chi connectivity index (χ0n) is 9.02. The van der Waals surface area contributed by atoms with Gasteiger partial charge in [0.05, 0.1) is 0 Å². The van der Waals surface area contributed by atoms with E-state index in [1.807, 2.05) is 0 Å². The molecule has 0 N–H and O–H groups in total. The van der Waals surface area contributed by atoms with Gasteiger partial charge < -0.3 is 0 Å². The van der Waals surface area contributed by atoms with Crippen LogP contribution in [0, 0.1) is 5.41 Å². The van der Waals surface area contributed by atoms with E-state index in [1.54, 1.807) is 0 Å². The minimum atomic E-state index is -0.935. The molecule has 0 aromatic carbocycles. The van der Waals surface area contributed by atoms with Crippen molar-refractivity contribution in [3.05, 3.63) is 0 Å². The number of hydrogen-bond acceptors (Lipinski definition) is 2. The Morgan fingerprint density at radius 2 is 1.58 bits per heavy atom. The van der Waals surface area contributed by atoms with Crippen molar-refractivity contribution in [2.24, 2.45) is 5.41 Å². The summed E-state index contributed by atoms with van der Waals surface area (Å²) in [5, 5.41) is 0. The molecule has 1 aliphatic rings. The van der Waals surface area contributed by atoms with Gasteiger partial charge in [-0.2, -0.15) is 0 Å². The van der Waals surface area contributed by atoms with E-state index >= 15 is 0 Å². The predicted octanol–water partition coefficient (Wildman–Crippen LogP) is 4.39. The molecule has 1 saturated heterocycles. The third-order valence-electron chi connectivity index (χ3n) is 2.97. The van der Waals surface area contributed by atoms with Crippen molar-refractivity contribution in [1.82, 2.24) is 0 Å². The lowest BCUT2D eigenvalue weighted by molar-refractivity contribution is 0.317. The van der Waals surface area contributed by atoms with E-state index < -0.39 is 7.22 Å². The predicted molar refractivity (Wildman–Crippen MR) is 65.3 cm³/mol. The summed E-state index contributed by atoms with van der Waals surface area (Å²) in [6, 6.07) is 1.45. The first-order valence-electron chi connectivity index (χ1n) is 4.53. The molecule has 3 heteroatoms. The Kier molecular flexibility index (Phi) is 2.71. The van der Waals surface area contributed by atoms with Crippen LogP contribution in [0.2, 0.25) is 19.1 Å². The molecule has 0 saturated carbocycles. The van der Waals surface area contributed by atoms with Gasteiger partial charge in [-0.15, -0.1) is 10.2 Å². The largest absolute Gasteiger partial charge is 0.125 e. The third-order valence-corrected chi connectivity index (χ3v) is 14.3. The highest BCUT2D eigenvalue weighted by Crippen LogP contribution is 2.59. The minimum absolute atomic E-state index is 0.445. The summed E-state index contributed by atoms with van der Waals surface area (Å²) >= 11 is 0. The average Bonchev–Trinajstić information content (AvgIpc) is 1.79. The number of hydrogen-bond donors (Lipinski definition) is 0. The van der Waals surface area contributed by atoms with E-state index in [0.29, 0.717) is 10.2 Å². The van der Waals surface area contributed by atoms with Gasteiger partial charge >= 0.3 is 0 Å². The van der Waals surface area contributed by atoms with Gasteiger partial charge in [-0.1, -0.05) is 37.7 Å². The van der Waals surface area contributed by atoms with Crippen molar-refractivity contribution in [2.75, 3.05) is 0 Å². The van der Waals surface area contributed by atoms with Crippen LogP contribution in [0.5, 0.6) is 0 Å². The van der Waals surface area contributed by atoms with E-state index in [-0.39, 0.29) is 0 Å². The molecule has 0 atom stereocenters. The Morgan fingerprint density at radius 3 is 1.92 bits per heavy atom. The van der Waals surface area contributed by atoms with Crippen LogP contribution in [0.3, 0.4) is 0 Å². The van der Waals surface area contributed by atoms with E-state index in [1.165, 1.54) is 6.04 Å². The fourth-order valence-electron chi connectivity index (χ4n) is 1.64. The molecular weight excluding hydrogens is 200 g/mol. The van der Waals surface area contributed by atoms with Crippen LogP contribution in [0.15, 0.2) is 0 Å². The number of rotatable bonds is 0. The van der Waals surface area contributed by atoms with Crippen molar-refractivity contribution in [3.8, 4) is 0 Å². The maximum absolute atomic E-state index is 2.49. The standard InChI is InChI=1S/C9H20S2Si/c1-8(2)7-12(5,6)11-10-9(8,3)4/h7H2,1-6H3. The van der Waals surface area contributed by atoms with Crippen LogP contribution in [-0.2, 0) is 0 Å². The van der Waals surface area contributed by atoms with Gasteiger partial charge in [0.25, 0.3) is 0 Å². The second-order valence-corrected chi connectivity index (χ2v) is 16.5. The molecule has 0 unspecified atom stereocenters. The molecule has 1 rings (SSSR count). The van der Waals surface area contributed by atoms with E-state index in [4.69, 9.17) is 0 Å². The molecule has 1 aliphatic heterocycles. The van der Waals surface area contributed by atoms with Crippen molar-refractivity contribution in [1.29, 1.82) is 0 Å². The van der Waals surface area contributed by atoms with Gasteiger partial charge in [0.15, 0.2) is 0 Å². The fraction of sp³-hybridized carbons (Fsp3) is 1.00. The maximum atomic E-state index is 2.49. The summed E-state index contributed by atoms with van der Waals surface area (Å²) in [6.07, 6.45) is 0. The summed E-state index contributed by atoms with van der Waals surface area (Å²) in [5.41, 5.74) is 0.513. The molecule has 0 bridgehead atoms. The first-order valence-corrected chi connectivity index (χ1v) is 10.6. The van der Waals surface area contributed by atoms with E-state index in [2.05, 4.69) is 61.8 Å². The fourth-order valence-corrected chi connectivity index (χ4v) is 12.8. The van der Waals surface area contributed by atoms with Crippen molar-refractivity contribution < 1.29 is 0 Å². The van der Waals surface area contributed by atoms with Crippen LogP contribution in [0.1, 0.15) is 27.7 Å². The Hall–Kier alpha value is 0.917. The highest BCUT2D eigenvalue weighted by molar-refractivity contribution is 8.88. The molecule has 72 valence electrons. The van der Waals surface area contributed by atoms with Gasteiger partial charge in [0.2, 0.25) is 0 Å². The molecule has 0 amide bonds. The molecule has 0 aromatic heterocycles. The summed E-state index contributed by atoms with van der Waals surface area (Å²) < 4.78 is 0.445. The zero-order chi connectivity index (χ0) is 9.62. The second kappa shape index (κ2) is 2.96. The van der Waals surface area contributed by atoms with Crippen molar-refractivity contribution in [3.63, 3.8) is 0 Å². The van der Waals surface area contributed by atoms with Crippen molar-refractivity contribution in [2.45, 2.75) is 51.6 Å². The summed E-state index contributed by atoms with van der Waals surface area (Å²) in [4.78, 5) is 0. The van der Waals surface area contributed by atoms with Crippen LogP contribution in [-0.4, -0.2) is 12.0 Å². The molecule has 1 heterocycles. The van der Waals surface area contributed by atoms with Crippen LogP contribution in [0.25, 0.3) is 0 Å². The van der Waals surface area contributed by atoms with Crippen LogP contribution in [0.4, 0.5) is 0 Å². The first-order chi connectivity index (χ1) is 5.16. The SMILES string of the molecule is CC1(C)C[Si](C)(C)SSC1(C)C. The maximum Gasteiger partial charge on any atom is 0.125 e. The minimum Gasteiger partial charge on any atom is -0.121 e.